The van der Waals surface area contributed by atoms with Crippen molar-refractivity contribution in [3.63, 3.8) is 0 Å². The Labute approximate surface area is 164 Å². The van der Waals surface area contributed by atoms with Crippen LogP contribution >= 0.6 is 11.8 Å². The molecule has 1 heterocycles. The first-order valence-corrected chi connectivity index (χ1v) is 9.80. The van der Waals surface area contributed by atoms with Crippen LogP contribution in [0.1, 0.15) is 18.1 Å². The number of aryl methyl sites for hydroxylation is 2. The van der Waals surface area contributed by atoms with Crippen molar-refractivity contribution >= 4 is 29.2 Å². The number of anilines is 1. The van der Waals surface area contributed by atoms with Crippen LogP contribution in [0.5, 0.6) is 0 Å². The van der Waals surface area contributed by atoms with Gasteiger partial charge >= 0.3 is 5.97 Å². The zero-order valence-electron chi connectivity index (χ0n) is 15.8. The Kier molecular flexibility index (Phi) is 6.19. The Balaban J connectivity index is 1.89. The number of hydrogen-bond donors (Lipinski definition) is 1. The molecule has 0 spiro atoms. The second-order valence-corrected chi connectivity index (χ2v) is 7.74. The minimum Gasteiger partial charge on any atom is -0.434 e. The van der Waals surface area contributed by atoms with E-state index in [2.05, 4.69) is 48.3 Å². The van der Waals surface area contributed by atoms with Crippen LogP contribution in [-0.2, 0) is 14.3 Å². The summed E-state index contributed by atoms with van der Waals surface area (Å²) in [5, 5.41) is 3.23. The van der Waals surface area contributed by atoms with E-state index in [1.165, 1.54) is 22.9 Å². The summed E-state index contributed by atoms with van der Waals surface area (Å²) in [7, 11) is 0. The molecule has 6 heteroatoms. The highest BCUT2D eigenvalue weighted by atomic mass is 32.2. The zero-order valence-corrected chi connectivity index (χ0v) is 16.6. The zero-order chi connectivity index (χ0) is 19.4. The average molecular weight is 385 g/mol. The number of ketones is 1. The monoisotopic (exact) mass is 384 g/mol. The second-order valence-electron chi connectivity index (χ2n) is 6.65. The lowest BCUT2D eigenvalue weighted by atomic mass is 10.2. The molecule has 5 nitrogen and oxygen atoms in total. The van der Waals surface area contributed by atoms with E-state index in [1.54, 1.807) is 11.8 Å². The lowest BCUT2D eigenvalue weighted by molar-refractivity contribution is -0.157. The van der Waals surface area contributed by atoms with Gasteiger partial charge in [-0.25, -0.2) is 4.79 Å². The van der Waals surface area contributed by atoms with E-state index in [4.69, 9.17) is 4.74 Å². The molecule has 27 heavy (non-hydrogen) atoms. The van der Waals surface area contributed by atoms with Crippen molar-refractivity contribution in [1.29, 1.82) is 0 Å². The van der Waals surface area contributed by atoms with E-state index in [9.17, 15) is 9.59 Å². The van der Waals surface area contributed by atoms with Crippen molar-refractivity contribution in [2.24, 2.45) is 0 Å². The number of nitrogens with one attached hydrogen (secondary N) is 1. The molecule has 0 aliphatic carbocycles. The number of benzene rings is 2. The van der Waals surface area contributed by atoms with Gasteiger partial charge in [0.05, 0.1) is 12.2 Å². The first-order chi connectivity index (χ1) is 13.0. The molecular formula is C21H24N2O3S. The summed E-state index contributed by atoms with van der Waals surface area (Å²) in [4.78, 5) is 27.5. The van der Waals surface area contributed by atoms with Crippen LogP contribution in [0.3, 0.4) is 0 Å². The summed E-state index contributed by atoms with van der Waals surface area (Å²) < 4.78 is 5.43. The standard InChI is InChI=1S/C21H24N2O3S/c1-14-8-9-18(15(2)12-14)27-19-7-5-4-6-17(19)23-11-10-22-13-20(23)26-21(25)16(3)24/h4-9,12,20,22H,10-11,13H2,1-3H3. The largest absolute Gasteiger partial charge is 0.434 e. The Hall–Kier alpha value is -2.31. The summed E-state index contributed by atoms with van der Waals surface area (Å²) >= 11 is 1.70. The van der Waals surface area contributed by atoms with Crippen molar-refractivity contribution in [2.45, 2.75) is 36.8 Å². The molecule has 3 rings (SSSR count). The Morgan fingerprint density at radius 1 is 1.15 bits per heavy atom. The number of piperazine rings is 1. The lowest BCUT2D eigenvalue weighted by Crippen LogP contribution is -2.54. The smallest absolute Gasteiger partial charge is 0.376 e. The third kappa shape index (κ3) is 4.70. The normalized spacial score (nSPS) is 16.9. The average Bonchev–Trinajstić information content (AvgIpc) is 2.65. The van der Waals surface area contributed by atoms with Gasteiger partial charge in [0.25, 0.3) is 0 Å². The predicted octanol–water partition coefficient (Wildman–Crippen LogP) is 3.32. The number of rotatable bonds is 5. The molecule has 0 saturated carbocycles. The Morgan fingerprint density at radius 3 is 2.67 bits per heavy atom. The molecule has 2 aromatic rings. The quantitative estimate of drug-likeness (QED) is 0.630. The predicted molar refractivity (Wildman–Crippen MR) is 107 cm³/mol. The van der Waals surface area contributed by atoms with Crippen molar-refractivity contribution < 1.29 is 14.3 Å². The van der Waals surface area contributed by atoms with Crippen LogP contribution in [0.15, 0.2) is 52.3 Å². The van der Waals surface area contributed by atoms with E-state index in [1.807, 2.05) is 18.2 Å². The van der Waals surface area contributed by atoms with E-state index in [0.717, 1.165) is 17.1 Å². The van der Waals surface area contributed by atoms with E-state index in [0.29, 0.717) is 13.1 Å². The van der Waals surface area contributed by atoms with Crippen LogP contribution in [0.25, 0.3) is 0 Å². The van der Waals surface area contributed by atoms with Gasteiger partial charge in [-0.15, -0.1) is 0 Å². The van der Waals surface area contributed by atoms with Crippen LogP contribution in [0.2, 0.25) is 0 Å². The van der Waals surface area contributed by atoms with Crippen LogP contribution in [-0.4, -0.2) is 37.6 Å². The van der Waals surface area contributed by atoms with Crippen LogP contribution in [0.4, 0.5) is 5.69 Å². The van der Waals surface area contributed by atoms with Gasteiger partial charge in [-0.05, 0) is 37.6 Å². The minimum atomic E-state index is -0.798. The summed E-state index contributed by atoms with van der Waals surface area (Å²) in [6, 6.07) is 14.5. The fraction of sp³-hybridized carbons (Fsp3) is 0.333. The SMILES string of the molecule is CC(=O)C(=O)OC1CNCCN1c1ccccc1Sc1ccc(C)cc1C. The van der Waals surface area contributed by atoms with Crippen molar-refractivity contribution in [2.75, 3.05) is 24.5 Å². The number of carbonyl (C=O) groups is 2. The number of carbonyl (C=O) groups excluding carboxylic acids is 2. The van der Waals surface area contributed by atoms with Gasteiger partial charge in [0, 0.05) is 29.8 Å². The maximum absolute atomic E-state index is 11.8. The maximum atomic E-state index is 11.8. The number of para-hydroxylation sites is 1. The van der Waals surface area contributed by atoms with Crippen LogP contribution in [0, 0.1) is 13.8 Å². The van der Waals surface area contributed by atoms with Gasteiger partial charge < -0.3 is 15.0 Å². The molecule has 0 radical (unpaired) electrons. The molecule has 1 fully saturated rings. The highest BCUT2D eigenvalue weighted by Gasteiger charge is 2.28. The fourth-order valence-electron chi connectivity index (χ4n) is 3.08. The van der Waals surface area contributed by atoms with Crippen molar-refractivity contribution in [1.82, 2.24) is 5.32 Å². The van der Waals surface area contributed by atoms with E-state index >= 15 is 0 Å². The molecule has 142 valence electrons. The molecule has 0 bridgehead atoms. The molecule has 1 unspecified atom stereocenters. The third-order valence-corrected chi connectivity index (χ3v) is 5.69. The van der Waals surface area contributed by atoms with Gasteiger partial charge in [0.2, 0.25) is 5.78 Å². The highest BCUT2D eigenvalue weighted by molar-refractivity contribution is 7.99. The number of hydrogen-bond acceptors (Lipinski definition) is 6. The maximum Gasteiger partial charge on any atom is 0.376 e. The van der Waals surface area contributed by atoms with E-state index < -0.39 is 18.0 Å². The molecule has 0 aromatic heterocycles. The molecule has 1 aliphatic heterocycles. The topological polar surface area (TPSA) is 58.6 Å². The Morgan fingerprint density at radius 2 is 1.93 bits per heavy atom. The molecule has 2 aromatic carbocycles. The van der Waals surface area contributed by atoms with Gasteiger partial charge in [-0.3, -0.25) is 4.79 Å². The first-order valence-electron chi connectivity index (χ1n) is 8.99. The van der Waals surface area contributed by atoms with Gasteiger partial charge in [-0.2, -0.15) is 0 Å². The minimum absolute atomic E-state index is 0.488. The molecular weight excluding hydrogens is 360 g/mol. The van der Waals surface area contributed by atoms with Gasteiger partial charge in [-0.1, -0.05) is 41.6 Å². The Bertz CT molecular complexity index is 853. The number of Topliss-reactive ketones (excluding diaryl/α,β-unsaturated/α-hetero) is 1. The number of ether oxygens (including phenoxy) is 1. The summed E-state index contributed by atoms with van der Waals surface area (Å²) in [5.74, 6) is -1.38. The lowest BCUT2D eigenvalue weighted by Gasteiger charge is -2.37. The highest BCUT2D eigenvalue weighted by Crippen LogP contribution is 2.38. The summed E-state index contributed by atoms with van der Waals surface area (Å²) in [5.41, 5.74) is 3.48. The fourth-order valence-corrected chi connectivity index (χ4v) is 4.11. The van der Waals surface area contributed by atoms with Gasteiger partial charge in [0.1, 0.15) is 0 Å². The molecule has 0 amide bonds. The number of nitrogens with zero attached hydrogens (tertiary/aromatic N) is 1. The van der Waals surface area contributed by atoms with Crippen molar-refractivity contribution in [3.05, 3.63) is 53.6 Å². The molecule has 1 N–H and O–H groups in total. The van der Waals surface area contributed by atoms with E-state index in [-0.39, 0.29) is 0 Å². The number of esters is 1. The molecule has 1 aliphatic rings. The third-order valence-electron chi connectivity index (χ3n) is 4.45. The molecule has 1 atom stereocenters. The second kappa shape index (κ2) is 8.59. The molecule has 1 saturated heterocycles. The van der Waals surface area contributed by atoms with Gasteiger partial charge in [0.15, 0.2) is 6.23 Å². The summed E-state index contributed by atoms with van der Waals surface area (Å²) in [6.07, 6.45) is -0.504. The summed E-state index contributed by atoms with van der Waals surface area (Å²) in [6.45, 7) is 7.40. The first kappa shape index (κ1) is 19.5. The van der Waals surface area contributed by atoms with Crippen LogP contribution < -0.4 is 10.2 Å². The van der Waals surface area contributed by atoms with Crippen molar-refractivity contribution in [3.8, 4) is 0 Å².